The third-order valence-electron chi connectivity index (χ3n) is 2.10. The van der Waals surface area contributed by atoms with Crippen molar-refractivity contribution in [3.05, 3.63) is 28.8 Å². The molecule has 0 saturated carbocycles. The lowest BCUT2D eigenvalue weighted by atomic mass is 10.1. The van der Waals surface area contributed by atoms with Gasteiger partial charge in [-0.2, -0.15) is 0 Å². The third-order valence-corrected chi connectivity index (χ3v) is 2.39. The van der Waals surface area contributed by atoms with Crippen LogP contribution in [0.1, 0.15) is 12.5 Å². The van der Waals surface area contributed by atoms with Crippen LogP contribution in [0.3, 0.4) is 0 Å². The first-order chi connectivity index (χ1) is 8.52. The van der Waals surface area contributed by atoms with Crippen LogP contribution in [0.2, 0.25) is 5.02 Å². The smallest absolute Gasteiger partial charge is 0.322 e. The molecule has 0 atom stereocenters. The molecule has 0 bridgehead atoms. The summed E-state index contributed by atoms with van der Waals surface area (Å²) < 4.78 is 5.27. The van der Waals surface area contributed by atoms with Crippen LogP contribution in [0.25, 0.3) is 0 Å². The number of carbonyl (C=O) groups excluding carboxylic acids is 1. The highest BCUT2D eigenvalue weighted by molar-refractivity contribution is 6.32. The molecule has 18 heavy (non-hydrogen) atoms. The van der Waals surface area contributed by atoms with Gasteiger partial charge >= 0.3 is 5.97 Å². The first-order valence-corrected chi connectivity index (χ1v) is 5.80. The van der Waals surface area contributed by atoms with E-state index in [-0.39, 0.29) is 18.9 Å². The largest absolute Gasteiger partial charge is 0.492 e. The summed E-state index contributed by atoms with van der Waals surface area (Å²) in [6.07, 6.45) is 0.0827. The van der Waals surface area contributed by atoms with Crippen LogP contribution >= 0.6 is 11.6 Å². The highest BCUT2D eigenvalue weighted by Gasteiger charge is 2.08. The molecule has 0 heterocycles. The van der Waals surface area contributed by atoms with Gasteiger partial charge in [0.25, 0.3) is 0 Å². The lowest BCUT2D eigenvalue weighted by Crippen LogP contribution is -2.30. The molecular weight excluding hydrogens is 258 g/mol. The zero-order chi connectivity index (χ0) is 13.5. The lowest BCUT2D eigenvalue weighted by molar-refractivity contribution is -0.137. The van der Waals surface area contributed by atoms with E-state index in [1.54, 1.807) is 18.2 Å². The van der Waals surface area contributed by atoms with E-state index in [0.29, 0.717) is 22.9 Å². The average molecular weight is 272 g/mol. The maximum absolute atomic E-state index is 11.4. The van der Waals surface area contributed by atoms with Gasteiger partial charge in [-0.05, 0) is 24.6 Å². The van der Waals surface area contributed by atoms with Gasteiger partial charge < -0.3 is 15.2 Å². The van der Waals surface area contributed by atoms with Gasteiger partial charge in [-0.3, -0.25) is 9.59 Å². The van der Waals surface area contributed by atoms with Crippen LogP contribution in [0.5, 0.6) is 5.75 Å². The molecule has 0 fully saturated rings. The zero-order valence-electron chi connectivity index (χ0n) is 9.90. The first kappa shape index (κ1) is 14.3. The van der Waals surface area contributed by atoms with E-state index in [9.17, 15) is 9.59 Å². The second kappa shape index (κ2) is 6.86. The number of hydrogen-bond acceptors (Lipinski definition) is 3. The number of carboxylic acid groups (broad SMARTS) is 1. The van der Waals surface area contributed by atoms with Crippen molar-refractivity contribution in [3.63, 3.8) is 0 Å². The Labute approximate surface area is 110 Å². The summed E-state index contributed by atoms with van der Waals surface area (Å²) >= 11 is 5.97. The number of amides is 1. The van der Waals surface area contributed by atoms with Crippen LogP contribution in [-0.2, 0) is 16.0 Å². The van der Waals surface area contributed by atoms with Gasteiger partial charge in [-0.25, -0.2) is 0 Å². The maximum atomic E-state index is 11.4. The van der Waals surface area contributed by atoms with Crippen molar-refractivity contribution >= 4 is 23.5 Å². The number of carbonyl (C=O) groups is 2. The Kier molecular flexibility index (Phi) is 5.45. The minimum Gasteiger partial charge on any atom is -0.492 e. The fraction of sp³-hybridized carbons (Fsp3) is 0.333. The standard InChI is InChI=1S/C12H14ClNO4/c1-2-18-10-4-3-8(5-9(10)13)6-11(15)14-7-12(16)17/h3-5H,2,6-7H2,1H3,(H,14,15)(H,16,17). The van der Waals surface area contributed by atoms with Crippen molar-refractivity contribution in [1.82, 2.24) is 5.32 Å². The summed E-state index contributed by atoms with van der Waals surface area (Å²) in [6, 6.07) is 5.04. The number of hydrogen-bond donors (Lipinski definition) is 2. The molecule has 0 spiro atoms. The number of rotatable bonds is 6. The first-order valence-electron chi connectivity index (χ1n) is 5.42. The van der Waals surface area contributed by atoms with E-state index in [2.05, 4.69) is 5.32 Å². The second-order valence-corrected chi connectivity index (χ2v) is 3.95. The minimum absolute atomic E-state index is 0.0827. The van der Waals surface area contributed by atoms with Crippen molar-refractivity contribution in [3.8, 4) is 5.75 Å². The molecule has 6 heteroatoms. The SMILES string of the molecule is CCOc1ccc(CC(=O)NCC(=O)O)cc1Cl. The van der Waals surface area contributed by atoms with Gasteiger partial charge in [0, 0.05) is 0 Å². The lowest BCUT2D eigenvalue weighted by Gasteiger charge is -2.07. The Bertz CT molecular complexity index is 448. The second-order valence-electron chi connectivity index (χ2n) is 3.55. The summed E-state index contributed by atoms with van der Waals surface area (Å²) in [4.78, 5) is 21.7. The van der Waals surface area contributed by atoms with Gasteiger partial charge in [-0.1, -0.05) is 17.7 Å². The van der Waals surface area contributed by atoms with Crippen LogP contribution in [0, 0.1) is 0 Å². The van der Waals surface area contributed by atoms with Gasteiger partial charge in [0.2, 0.25) is 5.91 Å². The van der Waals surface area contributed by atoms with Crippen LogP contribution in [-0.4, -0.2) is 30.1 Å². The quantitative estimate of drug-likeness (QED) is 0.822. The Hall–Kier alpha value is -1.75. The number of ether oxygens (including phenoxy) is 1. The van der Waals surface area contributed by atoms with Crippen molar-refractivity contribution in [2.45, 2.75) is 13.3 Å². The van der Waals surface area contributed by atoms with Gasteiger partial charge in [0.05, 0.1) is 18.1 Å². The summed E-state index contributed by atoms with van der Waals surface area (Å²) in [5.41, 5.74) is 0.700. The molecule has 98 valence electrons. The zero-order valence-corrected chi connectivity index (χ0v) is 10.7. The third kappa shape index (κ3) is 4.63. The van der Waals surface area contributed by atoms with Gasteiger partial charge in [0.15, 0.2) is 0 Å². The fourth-order valence-electron chi connectivity index (χ4n) is 1.35. The van der Waals surface area contributed by atoms with Crippen molar-refractivity contribution < 1.29 is 19.4 Å². The van der Waals surface area contributed by atoms with E-state index >= 15 is 0 Å². The summed E-state index contributed by atoms with van der Waals surface area (Å²) in [5, 5.41) is 11.1. The monoisotopic (exact) mass is 271 g/mol. The molecule has 0 aliphatic carbocycles. The fourth-order valence-corrected chi connectivity index (χ4v) is 1.61. The predicted molar refractivity (Wildman–Crippen MR) is 67.0 cm³/mol. The van der Waals surface area contributed by atoms with Crippen LogP contribution < -0.4 is 10.1 Å². The molecule has 0 unspecified atom stereocenters. The molecule has 0 aromatic heterocycles. The molecular formula is C12H14ClNO4. The molecule has 1 rings (SSSR count). The summed E-state index contributed by atoms with van der Waals surface area (Å²) in [6.45, 7) is 1.98. The number of nitrogens with one attached hydrogen (secondary N) is 1. The van der Waals surface area contributed by atoms with E-state index in [4.69, 9.17) is 21.4 Å². The number of benzene rings is 1. The average Bonchev–Trinajstić information content (AvgIpc) is 2.30. The van der Waals surface area contributed by atoms with Crippen molar-refractivity contribution in [1.29, 1.82) is 0 Å². The van der Waals surface area contributed by atoms with Gasteiger partial charge in [-0.15, -0.1) is 0 Å². The molecule has 1 aromatic carbocycles. The topological polar surface area (TPSA) is 75.6 Å². The van der Waals surface area contributed by atoms with E-state index < -0.39 is 5.97 Å². The van der Waals surface area contributed by atoms with E-state index in [0.717, 1.165) is 0 Å². The highest BCUT2D eigenvalue weighted by atomic mass is 35.5. The highest BCUT2D eigenvalue weighted by Crippen LogP contribution is 2.25. The molecule has 1 amide bonds. The Balaban J connectivity index is 2.60. The number of carboxylic acids is 1. The maximum Gasteiger partial charge on any atom is 0.322 e. The Morgan fingerprint density at radius 1 is 1.44 bits per heavy atom. The van der Waals surface area contributed by atoms with E-state index in [1.165, 1.54) is 0 Å². The van der Waals surface area contributed by atoms with E-state index in [1.807, 2.05) is 6.92 Å². The normalized spacial score (nSPS) is 9.89. The van der Waals surface area contributed by atoms with Gasteiger partial charge in [0.1, 0.15) is 12.3 Å². The molecule has 5 nitrogen and oxygen atoms in total. The number of aliphatic carboxylic acids is 1. The molecule has 1 aromatic rings. The Morgan fingerprint density at radius 2 is 2.17 bits per heavy atom. The summed E-state index contributed by atoms with van der Waals surface area (Å²) in [7, 11) is 0. The predicted octanol–water partition coefficient (Wildman–Crippen LogP) is 1.48. The summed E-state index contributed by atoms with van der Waals surface area (Å²) in [5.74, 6) is -0.875. The molecule has 2 N–H and O–H groups in total. The van der Waals surface area contributed by atoms with Crippen LogP contribution in [0.4, 0.5) is 0 Å². The molecule has 0 saturated heterocycles. The number of halogens is 1. The van der Waals surface area contributed by atoms with Crippen LogP contribution in [0.15, 0.2) is 18.2 Å². The van der Waals surface area contributed by atoms with Crippen molar-refractivity contribution in [2.75, 3.05) is 13.2 Å². The van der Waals surface area contributed by atoms with Crippen molar-refractivity contribution in [2.24, 2.45) is 0 Å². The Morgan fingerprint density at radius 3 is 2.72 bits per heavy atom. The minimum atomic E-state index is -1.08. The molecule has 0 aliphatic heterocycles. The molecule has 0 aliphatic rings. The molecule has 0 radical (unpaired) electrons.